The summed E-state index contributed by atoms with van der Waals surface area (Å²) >= 11 is 3.50. The zero-order chi connectivity index (χ0) is 15.8. The van der Waals surface area contributed by atoms with E-state index in [0.29, 0.717) is 0 Å². The van der Waals surface area contributed by atoms with Crippen molar-refractivity contribution in [3.63, 3.8) is 0 Å². The highest BCUT2D eigenvalue weighted by Gasteiger charge is 2.20. The maximum absolute atomic E-state index is 4.82. The van der Waals surface area contributed by atoms with Gasteiger partial charge in [-0.3, -0.25) is 4.90 Å². The molecule has 23 heavy (non-hydrogen) atoms. The molecule has 0 radical (unpaired) electrons. The summed E-state index contributed by atoms with van der Waals surface area (Å²) in [7, 11) is 0. The first-order valence-corrected chi connectivity index (χ1v) is 9.42. The molecule has 0 aliphatic carbocycles. The van der Waals surface area contributed by atoms with E-state index < -0.39 is 0 Å². The lowest BCUT2D eigenvalue weighted by Gasteiger charge is -2.27. The number of aromatic nitrogens is 3. The molecule has 0 aromatic carbocycles. The molecule has 4 nitrogen and oxygen atoms in total. The van der Waals surface area contributed by atoms with Crippen molar-refractivity contribution in [2.45, 2.75) is 33.4 Å². The highest BCUT2D eigenvalue weighted by atomic mass is 32.1. The van der Waals surface area contributed by atoms with Crippen molar-refractivity contribution in [2.24, 2.45) is 0 Å². The molecule has 1 aliphatic rings. The van der Waals surface area contributed by atoms with Crippen LogP contribution in [0.4, 0.5) is 0 Å². The Kier molecular flexibility index (Phi) is 3.97. The number of nitrogens with zero attached hydrogens (tertiary/aromatic N) is 4. The van der Waals surface area contributed by atoms with Crippen LogP contribution >= 0.6 is 22.7 Å². The fraction of sp³-hybridized carbons (Fsp3) is 0.353. The Labute approximate surface area is 143 Å². The number of hydrogen-bond acceptors (Lipinski definition) is 6. The molecular formula is C17H18N4S2. The molecule has 0 saturated carbocycles. The summed E-state index contributed by atoms with van der Waals surface area (Å²) in [5, 5.41) is 3.22. The quantitative estimate of drug-likeness (QED) is 0.725. The predicted molar refractivity (Wildman–Crippen MR) is 94.8 cm³/mol. The number of fused-ring (bicyclic) bond motifs is 1. The van der Waals surface area contributed by atoms with Gasteiger partial charge in [0.15, 0.2) is 5.82 Å². The van der Waals surface area contributed by atoms with Crippen molar-refractivity contribution in [1.29, 1.82) is 0 Å². The fourth-order valence-corrected chi connectivity index (χ4v) is 4.58. The number of hydrogen-bond donors (Lipinski definition) is 0. The third-order valence-electron chi connectivity index (χ3n) is 4.13. The van der Waals surface area contributed by atoms with Gasteiger partial charge in [0.1, 0.15) is 0 Å². The summed E-state index contributed by atoms with van der Waals surface area (Å²) in [6.07, 6.45) is 3.04. The fourth-order valence-electron chi connectivity index (χ4n) is 2.94. The largest absolute Gasteiger partial charge is 0.292 e. The van der Waals surface area contributed by atoms with Crippen LogP contribution in [-0.4, -0.2) is 26.4 Å². The molecule has 4 rings (SSSR count). The summed E-state index contributed by atoms with van der Waals surface area (Å²) in [6.45, 7) is 7.10. The van der Waals surface area contributed by atoms with E-state index in [2.05, 4.69) is 40.2 Å². The van der Waals surface area contributed by atoms with Gasteiger partial charge in [-0.15, -0.1) is 22.7 Å². The standard InChI is InChI=1S/C17H18N4S2/c1-11-16(23-12(2)19-11)10-21-6-5-13-8-18-17(20-14(13)9-21)15-4-3-7-22-15/h3-4,7-8H,5-6,9-10H2,1-2H3. The lowest BCUT2D eigenvalue weighted by atomic mass is 10.1. The van der Waals surface area contributed by atoms with Gasteiger partial charge in [-0.1, -0.05) is 6.07 Å². The molecule has 0 N–H and O–H groups in total. The zero-order valence-corrected chi connectivity index (χ0v) is 14.9. The van der Waals surface area contributed by atoms with E-state index in [9.17, 15) is 0 Å². The van der Waals surface area contributed by atoms with E-state index >= 15 is 0 Å². The first-order valence-electron chi connectivity index (χ1n) is 7.73. The van der Waals surface area contributed by atoms with Gasteiger partial charge in [0.25, 0.3) is 0 Å². The highest BCUT2D eigenvalue weighted by molar-refractivity contribution is 7.13. The minimum atomic E-state index is 0.852. The van der Waals surface area contributed by atoms with E-state index in [1.165, 1.54) is 21.8 Å². The van der Waals surface area contributed by atoms with Gasteiger partial charge in [0, 0.05) is 30.7 Å². The predicted octanol–water partition coefficient (Wildman–Crippen LogP) is 3.84. The normalized spacial score (nSPS) is 14.9. The number of thiazole rings is 1. The van der Waals surface area contributed by atoms with Crippen molar-refractivity contribution >= 4 is 22.7 Å². The van der Waals surface area contributed by atoms with Crippen molar-refractivity contribution in [1.82, 2.24) is 19.9 Å². The lowest BCUT2D eigenvalue weighted by molar-refractivity contribution is 0.243. The van der Waals surface area contributed by atoms with Crippen LogP contribution in [0.25, 0.3) is 10.7 Å². The Morgan fingerprint density at radius 3 is 2.91 bits per heavy atom. The summed E-state index contributed by atoms with van der Waals surface area (Å²) in [4.78, 5) is 18.9. The Morgan fingerprint density at radius 2 is 2.17 bits per heavy atom. The monoisotopic (exact) mass is 342 g/mol. The second-order valence-electron chi connectivity index (χ2n) is 5.84. The summed E-state index contributed by atoms with van der Waals surface area (Å²) < 4.78 is 0. The minimum absolute atomic E-state index is 0.852. The molecule has 3 aromatic heterocycles. The third kappa shape index (κ3) is 3.06. The van der Waals surface area contributed by atoms with Gasteiger partial charge in [-0.05, 0) is 37.3 Å². The Morgan fingerprint density at radius 1 is 1.26 bits per heavy atom. The van der Waals surface area contributed by atoms with E-state index in [1.807, 2.05) is 12.3 Å². The lowest BCUT2D eigenvalue weighted by Crippen LogP contribution is -2.31. The smallest absolute Gasteiger partial charge is 0.169 e. The SMILES string of the molecule is Cc1nc(C)c(CN2CCc3cnc(-c4cccs4)nc3C2)s1. The Bertz CT molecular complexity index is 823. The van der Waals surface area contributed by atoms with Gasteiger partial charge >= 0.3 is 0 Å². The number of aryl methyl sites for hydroxylation is 2. The van der Waals surface area contributed by atoms with Crippen LogP contribution in [0.15, 0.2) is 23.7 Å². The van der Waals surface area contributed by atoms with E-state index in [4.69, 9.17) is 4.98 Å². The Balaban J connectivity index is 1.56. The van der Waals surface area contributed by atoms with Gasteiger partial charge < -0.3 is 0 Å². The van der Waals surface area contributed by atoms with Crippen LogP contribution in [0.5, 0.6) is 0 Å². The van der Waals surface area contributed by atoms with Crippen molar-refractivity contribution < 1.29 is 0 Å². The van der Waals surface area contributed by atoms with E-state index in [-0.39, 0.29) is 0 Å². The van der Waals surface area contributed by atoms with Crippen LogP contribution in [0.1, 0.15) is 26.8 Å². The second kappa shape index (κ2) is 6.11. The molecule has 0 bridgehead atoms. The highest BCUT2D eigenvalue weighted by Crippen LogP contribution is 2.26. The molecule has 3 aromatic rings. The van der Waals surface area contributed by atoms with Gasteiger partial charge in [-0.2, -0.15) is 0 Å². The molecule has 6 heteroatoms. The van der Waals surface area contributed by atoms with Crippen molar-refractivity contribution in [3.8, 4) is 10.7 Å². The van der Waals surface area contributed by atoms with E-state index in [0.717, 1.165) is 41.8 Å². The first-order chi connectivity index (χ1) is 11.2. The maximum Gasteiger partial charge on any atom is 0.169 e. The molecule has 1 aliphatic heterocycles. The Hall–Kier alpha value is -1.63. The molecular weight excluding hydrogens is 324 g/mol. The van der Waals surface area contributed by atoms with Crippen molar-refractivity contribution in [3.05, 3.63) is 50.5 Å². The maximum atomic E-state index is 4.82. The topological polar surface area (TPSA) is 41.9 Å². The van der Waals surface area contributed by atoms with E-state index in [1.54, 1.807) is 22.7 Å². The van der Waals surface area contributed by atoms with Crippen LogP contribution in [-0.2, 0) is 19.5 Å². The molecule has 0 fully saturated rings. The molecule has 4 heterocycles. The average molecular weight is 342 g/mol. The summed E-state index contributed by atoms with van der Waals surface area (Å²) in [5.41, 5.74) is 3.63. The van der Waals surface area contributed by atoms with Crippen molar-refractivity contribution in [2.75, 3.05) is 6.54 Å². The minimum Gasteiger partial charge on any atom is -0.292 e. The van der Waals surface area contributed by atoms with Gasteiger partial charge in [0.2, 0.25) is 0 Å². The average Bonchev–Trinajstić information content (AvgIpc) is 3.17. The van der Waals surface area contributed by atoms with Crippen LogP contribution in [0.2, 0.25) is 0 Å². The van der Waals surface area contributed by atoms with Gasteiger partial charge in [-0.25, -0.2) is 15.0 Å². The number of rotatable bonds is 3. The van der Waals surface area contributed by atoms with Gasteiger partial charge in [0.05, 0.1) is 21.3 Å². The molecule has 0 spiro atoms. The summed E-state index contributed by atoms with van der Waals surface area (Å²) in [5.74, 6) is 0.852. The second-order valence-corrected chi connectivity index (χ2v) is 8.08. The molecule has 0 atom stereocenters. The zero-order valence-electron chi connectivity index (χ0n) is 13.2. The molecule has 0 unspecified atom stereocenters. The molecule has 118 valence electrons. The first kappa shape index (κ1) is 14.9. The molecule has 0 amide bonds. The van der Waals surface area contributed by atoms with Crippen LogP contribution in [0, 0.1) is 13.8 Å². The third-order valence-corrected chi connectivity index (χ3v) is 6.06. The van der Waals surface area contributed by atoms with Crippen LogP contribution < -0.4 is 0 Å². The summed E-state index contributed by atoms with van der Waals surface area (Å²) in [6, 6.07) is 4.13. The van der Waals surface area contributed by atoms with Crippen LogP contribution in [0.3, 0.4) is 0 Å². The molecule has 0 saturated heterocycles. The number of thiophene rings is 1.